The van der Waals surface area contributed by atoms with Crippen LogP contribution >= 0.6 is 0 Å². The number of benzene rings is 1. The molecule has 0 aliphatic heterocycles. The number of nitrogens with zero attached hydrogens (tertiary/aromatic N) is 3. The van der Waals surface area contributed by atoms with Crippen LogP contribution in [0.25, 0.3) is 10.9 Å². The Bertz CT molecular complexity index is 551. The molecule has 5 nitrogen and oxygen atoms in total. The molecule has 0 spiro atoms. The third kappa shape index (κ3) is 2.61. The highest BCUT2D eigenvalue weighted by Crippen LogP contribution is 2.02. The summed E-state index contributed by atoms with van der Waals surface area (Å²) in [5, 5.41) is 8.19. The van der Waals surface area contributed by atoms with Gasteiger partial charge in [-0.15, -0.1) is 5.10 Å². The normalized spacial score (nSPS) is 10.6. The summed E-state index contributed by atoms with van der Waals surface area (Å²) in [5.74, 6) is 0. The van der Waals surface area contributed by atoms with Crippen LogP contribution in [0.1, 0.15) is 26.2 Å². The summed E-state index contributed by atoms with van der Waals surface area (Å²) in [5.41, 5.74) is 0.331. The second kappa shape index (κ2) is 5.43. The quantitative estimate of drug-likeness (QED) is 0.733. The van der Waals surface area contributed by atoms with Crippen molar-refractivity contribution in [2.45, 2.75) is 26.2 Å². The van der Waals surface area contributed by atoms with Gasteiger partial charge in [-0.3, -0.25) is 4.79 Å². The molecule has 0 aliphatic carbocycles. The molecule has 2 aromatic rings. The molecular weight excluding hydrogens is 218 g/mol. The Labute approximate surface area is 99.0 Å². The molecule has 0 N–H and O–H groups in total. The van der Waals surface area contributed by atoms with Crippen molar-refractivity contribution in [3.8, 4) is 0 Å². The van der Waals surface area contributed by atoms with E-state index < -0.39 is 0 Å². The SMILES string of the molecule is CCCCCOn1nnc2ccccc2c1=O. The van der Waals surface area contributed by atoms with E-state index in [0.29, 0.717) is 17.5 Å². The fourth-order valence-electron chi connectivity index (χ4n) is 1.56. The van der Waals surface area contributed by atoms with Gasteiger partial charge in [-0.1, -0.05) is 31.9 Å². The lowest BCUT2D eigenvalue weighted by Crippen LogP contribution is -2.30. The fraction of sp³-hybridized carbons (Fsp3) is 0.417. The summed E-state index contributed by atoms with van der Waals surface area (Å²) in [6.45, 7) is 2.60. The Morgan fingerprint density at radius 3 is 2.94 bits per heavy atom. The van der Waals surface area contributed by atoms with Crippen LogP contribution in [0.4, 0.5) is 0 Å². The molecule has 0 amide bonds. The number of hydrogen-bond acceptors (Lipinski definition) is 4. The van der Waals surface area contributed by atoms with Gasteiger partial charge in [0.1, 0.15) is 12.1 Å². The van der Waals surface area contributed by atoms with Crippen molar-refractivity contribution in [1.82, 2.24) is 15.2 Å². The van der Waals surface area contributed by atoms with Gasteiger partial charge in [0.05, 0.1) is 5.39 Å². The maximum Gasteiger partial charge on any atom is 0.314 e. The minimum absolute atomic E-state index is 0.257. The predicted molar refractivity (Wildman–Crippen MR) is 64.8 cm³/mol. The molecule has 1 aromatic carbocycles. The average Bonchev–Trinajstić information content (AvgIpc) is 2.37. The third-order valence-corrected chi connectivity index (χ3v) is 2.50. The van der Waals surface area contributed by atoms with E-state index in [2.05, 4.69) is 17.2 Å². The summed E-state index contributed by atoms with van der Waals surface area (Å²) in [4.78, 5) is 18.2. The molecule has 0 bridgehead atoms. The van der Waals surface area contributed by atoms with Gasteiger partial charge in [-0.25, -0.2) is 0 Å². The van der Waals surface area contributed by atoms with E-state index in [1.165, 1.54) is 0 Å². The van der Waals surface area contributed by atoms with Crippen LogP contribution in [0.5, 0.6) is 0 Å². The van der Waals surface area contributed by atoms with E-state index in [0.717, 1.165) is 24.1 Å². The maximum atomic E-state index is 11.9. The monoisotopic (exact) mass is 233 g/mol. The second-order valence-electron chi connectivity index (χ2n) is 3.83. The van der Waals surface area contributed by atoms with Gasteiger partial charge in [-0.2, -0.15) is 0 Å². The lowest BCUT2D eigenvalue weighted by Gasteiger charge is -2.05. The Morgan fingerprint density at radius 1 is 1.29 bits per heavy atom. The molecule has 0 unspecified atom stereocenters. The van der Waals surface area contributed by atoms with Gasteiger partial charge in [0.15, 0.2) is 0 Å². The van der Waals surface area contributed by atoms with Gasteiger partial charge < -0.3 is 4.84 Å². The van der Waals surface area contributed by atoms with Crippen molar-refractivity contribution in [3.63, 3.8) is 0 Å². The molecule has 2 rings (SSSR count). The Balaban J connectivity index is 2.18. The summed E-state index contributed by atoms with van der Waals surface area (Å²) in [6.07, 6.45) is 3.11. The van der Waals surface area contributed by atoms with Crippen LogP contribution in [0.3, 0.4) is 0 Å². The zero-order valence-corrected chi connectivity index (χ0v) is 9.80. The molecule has 5 heteroatoms. The minimum Gasteiger partial charge on any atom is -0.392 e. The average molecular weight is 233 g/mol. The fourth-order valence-corrected chi connectivity index (χ4v) is 1.56. The van der Waals surface area contributed by atoms with Gasteiger partial charge >= 0.3 is 5.56 Å². The molecule has 0 saturated heterocycles. The number of hydrogen-bond donors (Lipinski definition) is 0. The molecule has 1 heterocycles. The first-order valence-electron chi connectivity index (χ1n) is 5.81. The van der Waals surface area contributed by atoms with Crippen LogP contribution in [-0.2, 0) is 0 Å². The molecule has 0 radical (unpaired) electrons. The third-order valence-electron chi connectivity index (χ3n) is 2.50. The van der Waals surface area contributed by atoms with E-state index in [1.807, 2.05) is 6.07 Å². The molecule has 0 atom stereocenters. The van der Waals surface area contributed by atoms with Crippen LogP contribution in [0.2, 0.25) is 0 Å². The van der Waals surface area contributed by atoms with E-state index in [1.54, 1.807) is 18.2 Å². The Hall–Kier alpha value is -1.91. The van der Waals surface area contributed by atoms with E-state index in [4.69, 9.17) is 4.84 Å². The van der Waals surface area contributed by atoms with Crippen LogP contribution < -0.4 is 10.4 Å². The first-order chi connectivity index (χ1) is 8.33. The van der Waals surface area contributed by atoms with Gasteiger partial charge in [-0.05, 0) is 28.6 Å². The zero-order chi connectivity index (χ0) is 12.1. The number of fused-ring (bicyclic) bond motifs is 1. The van der Waals surface area contributed by atoms with Crippen molar-refractivity contribution >= 4 is 10.9 Å². The second-order valence-corrected chi connectivity index (χ2v) is 3.83. The zero-order valence-electron chi connectivity index (χ0n) is 9.80. The first-order valence-corrected chi connectivity index (χ1v) is 5.81. The van der Waals surface area contributed by atoms with Gasteiger partial charge in [0, 0.05) is 0 Å². The standard InChI is InChI=1S/C12H15N3O2/c1-2-3-6-9-17-15-12(16)10-7-4-5-8-11(10)13-14-15/h4-5,7-8H,2-3,6,9H2,1H3. The van der Waals surface area contributed by atoms with E-state index >= 15 is 0 Å². The molecule has 17 heavy (non-hydrogen) atoms. The molecule has 0 aliphatic rings. The molecule has 1 aromatic heterocycles. The van der Waals surface area contributed by atoms with E-state index in [9.17, 15) is 4.79 Å². The molecule has 90 valence electrons. The highest BCUT2D eigenvalue weighted by Gasteiger charge is 2.04. The molecule has 0 fully saturated rings. The Morgan fingerprint density at radius 2 is 2.12 bits per heavy atom. The van der Waals surface area contributed by atoms with Gasteiger partial charge in [0.2, 0.25) is 0 Å². The van der Waals surface area contributed by atoms with E-state index in [-0.39, 0.29) is 5.56 Å². The highest BCUT2D eigenvalue weighted by molar-refractivity contribution is 5.76. The van der Waals surface area contributed by atoms with Gasteiger partial charge in [0.25, 0.3) is 0 Å². The predicted octanol–water partition coefficient (Wildman–Crippen LogP) is 1.41. The summed E-state index contributed by atoms with van der Waals surface area (Å²) in [7, 11) is 0. The highest BCUT2D eigenvalue weighted by atomic mass is 16.7. The first kappa shape index (κ1) is 11.6. The molecule has 0 saturated carbocycles. The van der Waals surface area contributed by atoms with Crippen molar-refractivity contribution < 1.29 is 4.84 Å². The number of rotatable bonds is 5. The Kier molecular flexibility index (Phi) is 3.69. The number of aromatic nitrogens is 3. The number of unbranched alkanes of at least 4 members (excludes halogenated alkanes) is 2. The minimum atomic E-state index is -0.257. The summed E-state index contributed by atoms with van der Waals surface area (Å²) >= 11 is 0. The van der Waals surface area contributed by atoms with Crippen molar-refractivity contribution in [1.29, 1.82) is 0 Å². The summed E-state index contributed by atoms with van der Waals surface area (Å²) < 4.78 is 0. The largest absolute Gasteiger partial charge is 0.392 e. The van der Waals surface area contributed by atoms with Crippen LogP contribution in [-0.4, -0.2) is 21.8 Å². The smallest absolute Gasteiger partial charge is 0.314 e. The van der Waals surface area contributed by atoms with Crippen molar-refractivity contribution in [3.05, 3.63) is 34.6 Å². The lowest BCUT2D eigenvalue weighted by molar-refractivity contribution is 0.0644. The summed E-state index contributed by atoms with van der Waals surface area (Å²) in [6, 6.07) is 7.10. The van der Waals surface area contributed by atoms with Crippen LogP contribution in [0, 0.1) is 0 Å². The van der Waals surface area contributed by atoms with Crippen molar-refractivity contribution in [2.24, 2.45) is 0 Å². The lowest BCUT2D eigenvalue weighted by atomic mass is 10.2. The van der Waals surface area contributed by atoms with Crippen LogP contribution in [0.15, 0.2) is 29.1 Å². The van der Waals surface area contributed by atoms with Crippen molar-refractivity contribution in [2.75, 3.05) is 6.61 Å². The molecular formula is C12H15N3O2. The maximum absolute atomic E-state index is 11.9. The topological polar surface area (TPSA) is 57.0 Å².